The van der Waals surface area contributed by atoms with E-state index in [0.717, 1.165) is 56.0 Å². The molecular weight excluding hydrogens is 407 g/mol. The normalized spacial score (nSPS) is 20.1. The van der Waals surface area contributed by atoms with Crippen molar-refractivity contribution in [2.75, 3.05) is 33.2 Å². The summed E-state index contributed by atoms with van der Waals surface area (Å²) in [5.41, 5.74) is -0.327. The minimum absolute atomic E-state index is 0.0779. The number of carbonyl (C=O) groups excluding carboxylic acids is 1. The molecule has 0 bridgehead atoms. The maximum atomic E-state index is 13.2. The van der Waals surface area contributed by atoms with Crippen LogP contribution in [0.5, 0.6) is 0 Å². The summed E-state index contributed by atoms with van der Waals surface area (Å²) >= 11 is 0. The lowest BCUT2D eigenvalue weighted by molar-refractivity contribution is -0.142. The van der Waals surface area contributed by atoms with Crippen LogP contribution in [0.2, 0.25) is 0 Å². The van der Waals surface area contributed by atoms with Gasteiger partial charge in [-0.3, -0.25) is 4.79 Å². The molecule has 3 heterocycles. The summed E-state index contributed by atoms with van der Waals surface area (Å²) in [5.74, 6) is -0.264. The molecule has 1 N–H and O–H groups in total. The minimum atomic E-state index is -4.52. The molecule has 2 fully saturated rings. The third-order valence-corrected chi connectivity index (χ3v) is 6.36. The van der Waals surface area contributed by atoms with Gasteiger partial charge in [-0.25, -0.2) is 4.68 Å². The van der Waals surface area contributed by atoms with Gasteiger partial charge < -0.3 is 15.1 Å². The second-order valence-electron chi connectivity index (χ2n) is 8.49. The summed E-state index contributed by atoms with van der Waals surface area (Å²) in [7, 11) is 2.16. The molecule has 0 saturated carbocycles. The standard InChI is InChI=1S/C22H28F3N5O/c1-28-11-8-18(9-12-28)29-13-6-17(7-14-29)27-21(31)16-3-2-4-19(15-16)30-20(5-10-26-30)22(23,24)25/h2-5,10,15,17-18H,6-9,11-14H2,1H3,(H,27,31). The van der Waals surface area contributed by atoms with Gasteiger partial charge >= 0.3 is 6.18 Å². The number of benzene rings is 1. The Morgan fingerprint density at radius 1 is 1.06 bits per heavy atom. The average molecular weight is 435 g/mol. The number of nitrogens with one attached hydrogen (secondary N) is 1. The van der Waals surface area contributed by atoms with E-state index >= 15 is 0 Å². The minimum Gasteiger partial charge on any atom is -0.349 e. The van der Waals surface area contributed by atoms with E-state index in [4.69, 9.17) is 0 Å². The SMILES string of the molecule is CN1CCC(N2CCC(NC(=O)c3cccc(-n4nccc4C(F)(F)F)c3)CC2)CC1. The Bertz CT molecular complexity index is 897. The highest BCUT2D eigenvalue weighted by Crippen LogP contribution is 2.30. The van der Waals surface area contributed by atoms with Crippen molar-refractivity contribution in [1.29, 1.82) is 0 Å². The van der Waals surface area contributed by atoms with E-state index in [1.165, 1.54) is 25.0 Å². The molecule has 0 aliphatic carbocycles. The van der Waals surface area contributed by atoms with Gasteiger partial charge in [0.2, 0.25) is 0 Å². The molecule has 2 aliphatic heterocycles. The van der Waals surface area contributed by atoms with E-state index in [-0.39, 0.29) is 17.6 Å². The van der Waals surface area contributed by atoms with E-state index < -0.39 is 11.9 Å². The van der Waals surface area contributed by atoms with Gasteiger partial charge in [-0.15, -0.1) is 0 Å². The van der Waals surface area contributed by atoms with Crippen molar-refractivity contribution in [2.45, 2.75) is 43.9 Å². The van der Waals surface area contributed by atoms with Gasteiger partial charge in [0, 0.05) is 30.7 Å². The first-order valence-electron chi connectivity index (χ1n) is 10.8. The third kappa shape index (κ3) is 5.10. The topological polar surface area (TPSA) is 53.4 Å². The largest absolute Gasteiger partial charge is 0.433 e. The Morgan fingerprint density at radius 2 is 1.77 bits per heavy atom. The predicted octanol–water partition coefficient (Wildman–Crippen LogP) is 3.18. The van der Waals surface area contributed by atoms with Crippen LogP contribution in [0.25, 0.3) is 5.69 Å². The maximum Gasteiger partial charge on any atom is 0.433 e. The quantitative estimate of drug-likeness (QED) is 0.802. The maximum absolute atomic E-state index is 13.2. The van der Waals surface area contributed by atoms with E-state index in [1.54, 1.807) is 12.1 Å². The highest BCUT2D eigenvalue weighted by atomic mass is 19.4. The zero-order chi connectivity index (χ0) is 22.0. The molecular formula is C22H28F3N5O. The Kier molecular flexibility index (Phi) is 6.34. The van der Waals surface area contributed by atoms with Gasteiger partial charge in [0.05, 0.1) is 11.9 Å². The highest BCUT2D eigenvalue weighted by Gasteiger charge is 2.35. The van der Waals surface area contributed by atoms with Crippen molar-refractivity contribution in [1.82, 2.24) is 24.9 Å². The lowest BCUT2D eigenvalue weighted by Crippen LogP contribution is -2.50. The van der Waals surface area contributed by atoms with Gasteiger partial charge in [-0.1, -0.05) is 6.07 Å². The van der Waals surface area contributed by atoms with E-state index in [1.807, 2.05) is 0 Å². The van der Waals surface area contributed by atoms with Crippen molar-refractivity contribution >= 4 is 5.91 Å². The van der Waals surface area contributed by atoms with Crippen molar-refractivity contribution in [3.63, 3.8) is 0 Å². The zero-order valence-electron chi connectivity index (χ0n) is 17.6. The van der Waals surface area contributed by atoms with Crippen LogP contribution in [0.1, 0.15) is 41.7 Å². The van der Waals surface area contributed by atoms with Crippen LogP contribution in [-0.2, 0) is 6.18 Å². The van der Waals surface area contributed by atoms with Crippen molar-refractivity contribution < 1.29 is 18.0 Å². The number of likely N-dealkylation sites (tertiary alicyclic amines) is 2. The van der Waals surface area contributed by atoms with E-state index in [9.17, 15) is 18.0 Å². The molecule has 0 atom stereocenters. The molecule has 2 saturated heterocycles. The number of hydrogen-bond donors (Lipinski definition) is 1. The fraction of sp³-hybridized carbons (Fsp3) is 0.545. The second kappa shape index (κ2) is 9.00. The number of rotatable bonds is 4. The van der Waals surface area contributed by atoms with Crippen molar-refractivity contribution in [3.05, 3.63) is 47.8 Å². The molecule has 4 rings (SSSR count). The smallest absolute Gasteiger partial charge is 0.349 e. The molecule has 9 heteroatoms. The molecule has 1 aromatic carbocycles. The number of aromatic nitrogens is 2. The van der Waals surface area contributed by atoms with Gasteiger partial charge in [0.1, 0.15) is 5.69 Å². The molecule has 0 unspecified atom stereocenters. The lowest BCUT2D eigenvalue weighted by atomic mass is 9.98. The number of carbonyl (C=O) groups is 1. The zero-order valence-corrected chi connectivity index (χ0v) is 17.6. The molecule has 1 amide bonds. The lowest BCUT2D eigenvalue weighted by Gasteiger charge is -2.41. The van der Waals surface area contributed by atoms with Gasteiger partial charge in [-0.05, 0) is 70.1 Å². The van der Waals surface area contributed by atoms with Crippen LogP contribution in [0.3, 0.4) is 0 Å². The molecule has 0 radical (unpaired) electrons. The van der Waals surface area contributed by atoms with Crippen molar-refractivity contribution in [2.24, 2.45) is 0 Å². The number of piperidine rings is 2. The summed E-state index contributed by atoms with van der Waals surface area (Å²) < 4.78 is 40.3. The Hall–Kier alpha value is -2.39. The van der Waals surface area contributed by atoms with Gasteiger partial charge in [0.25, 0.3) is 5.91 Å². The third-order valence-electron chi connectivity index (χ3n) is 6.36. The molecule has 6 nitrogen and oxygen atoms in total. The number of hydrogen-bond acceptors (Lipinski definition) is 4. The van der Waals surface area contributed by atoms with Crippen LogP contribution in [0.4, 0.5) is 13.2 Å². The molecule has 168 valence electrons. The van der Waals surface area contributed by atoms with Crippen LogP contribution < -0.4 is 5.32 Å². The summed E-state index contributed by atoms with van der Waals surface area (Å²) in [4.78, 5) is 17.6. The first kappa shape index (κ1) is 21.8. The van der Waals surface area contributed by atoms with Crippen LogP contribution in [0.15, 0.2) is 36.5 Å². The molecule has 31 heavy (non-hydrogen) atoms. The predicted molar refractivity (Wildman–Crippen MR) is 111 cm³/mol. The van der Waals surface area contributed by atoms with Gasteiger partial charge in [0.15, 0.2) is 0 Å². The number of amides is 1. The summed E-state index contributed by atoms with van der Waals surface area (Å²) in [6.07, 6.45) is 0.732. The highest BCUT2D eigenvalue weighted by molar-refractivity contribution is 5.94. The number of alkyl halides is 3. The summed E-state index contributed by atoms with van der Waals surface area (Å²) in [6.45, 7) is 4.18. The first-order valence-corrected chi connectivity index (χ1v) is 10.8. The summed E-state index contributed by atoms with van der Waals surface area (Å²) in [6, 6.07) is 7.78. The number of halogens is 3. The van der Waals surface area contributed by atoms with E-state index in [0.29, 0.717) is 11.6 Å². The first-order chi connectivity index (χ1) is 14.8. The number of nitrogens with zero attached hydrogens (tertiary/aromatic N) is 4. The second-order valence-corrected chi connectivity index (χ2v) is 8.49. The Morgan fingerprint density at radius 3 is 2.45 bits per heavy atom. The Labute approximate surface area is 180 Å². The summed E-state index contributed by atoms with van der Waals surface area (Å²) in [5, 5.41) is 6.84. The molecule has 1 aromatic heterocycles. The fourth-order valence-corrected chi connectivity index (χ4v) is 4.54. The fourth-order valence-electron chi connectivity index (χ4n) is 4.54. The van der Waals surface area contributed by atoms with Crippen LogP contribution in [-0.4, -0.2) is 70.8 Å². The molecule has 2 aliphatic rings. The van der Waals surface area contributed by atoms with Gasteiger partial charge in [-0.2, -0.15) is 18.3 Å². The van der Waals surface area contributed by atoms with Crippen LogP contribution >= 0.6 is 0 Å². The van der Waals surface area contributed by atoms with Crippen molar-refractivity contribution in [3.8, 4) is 5.69 Å². The monoisotopic (exact) mass is 435 g/mol. The molecule has 2 aromatic rings. The van der Waals surface area contributed by atoms with Crippen LogP contribution in [0, 0.1) is 0 Å². The molecule has 0 spiro atoms. The average Bonchev–Trinajstić information content (AvgIpc) is 3.26. The van der Waals surface area contributed by atoms with E-state index in [2.05, 4.69) is 27.3 Å². The Balaban J connectivity index is 1.36.